The summed E-state index contributed by atoms with van der Waals surface area (Å²) in [6.07, 6.45) is 0. The third-order valence-electron chi connectivity index (χ3n) is 3.15. The van der Waals surface area contributed by atoms with Crippen molar-refractivity contribution in [2.45, 2.75) is 20.4 Å². The van der Waals surface area contributed by atoms with Gasteiger partial charge < -0.3 is 10.4 Å². The molecule has 0 spiro atoms. The van der Waals surface area contributed by atoms with Crippen LogP contribution >= 0.6 is 0 Å². The molecule has 2 nitrogen and oxygen atoms in total. The number of nitrogens with one attached hydrogen (secondary N) is 1. The zero-order chi connectivity index (χ0) is 14.0. The highest BCUT2D eigenvalue weighted by atomic mass is 19.1. The Morgan fingerprint density at radius 2 is 1.68 bits per heavy atom. The zero-order valence-corrected chi connectivity index (χ0v) is 10.8. The Morgan fingerprint density at radius 3 is 2.32 bits per heavy atom. The number of halogens is 2. The third kappa shape index (κ3) is 2.67. The molecule has 100 valence electrons. The number of benzene rings is 2. The van der Waals surface area contributed by atoms with E-state index in [1.807, 2.05) is 0 Å². The highest BCUT2D eigenvalue weighted by Gasteiger charge is 2.10. The summed E-state index contributed by atoms with van der Waals surface area (Å²) in [4.78, 5) is 0. The lowest BCUT2D eigenvalue weighted by molar-refractivity contribution is 0.467. The quantitative estimate of drug-likeness (QED) is 0.880. The first-order valence-corrected chi connectivity index (χ1v) is 5.96. The Morgan fingerprint density at radius 1 is 1.05 bits per heavy atom. The van der Waals surface area contributed by atoms with Crippen molar-refractivity contribution < 1.29 is 13.9 Å². The van der Waals surface area contributed by atoms with Gasteiger partial charge in [-0.1, -0.05) is 12.1 Å². The smallest absolute Gasteiger partial charge is 0.131 e. The van der Waals surface area contributed by atoms with Gasteiger partial charge in [-0.2, -0.15) is 0 Å². The highest BCUT2D eigenvalue weighted by Crippen LogP contribution is 2.28. The number of aryl methyl sites for hydroxylation is 1. The Hall–Kier alpha value is -2.10. The van der Waals surface area contributed by atoms with Gasteiger partial charge in [0.15, 0.2) is 0 Å². The molecular formula is C15H15F2NO. The van der Waals surface area contributed by atoms with E-state index in [0.29, 0.717) is 11.3 Å². The Labute approximate surface area is 110 Å². The van der Waals surface area contributed by atoms with Crippen LogP contribution in [0.4, 0.5) is 14.5 Å². The van der Waals surface area contributed by atoms with Crippen molar-refractivity contribution in [2.75, 3.05) is 5.32 Å². The maximum absolute atomic E-state index is 13.5. The summed E-state index contributed by atoms with van der Waals surface area (Å²) < 4.78 is 26.9. The van der Waals surface area contributed by atoms with Crippen molar-refractivity contribution in [1.29, 1.82) is 0 Å². The summed E-state index contributed by atoms with van der Waals surface area (Å²) in [7, 11) is 0. The second kappa shape index (κ2) is 5.26. The van der Waals surface area contributed by atoms with E-state index >= 15 is 0 Å². The molecule has 0 aromatic heterocycles. The number of hydrogen-bond donors (Lipinski definition) is 2. The Bertz CT molecular complexity index is 591. The summed E-state index contributed by atoms with van der Waals surface area (Å²) >= 11 is 0. The second-order valence-corrected chi connectivity index (χ2v) is 4.46. The number of phenolic OH excluding ortho intramolecular Hbond substituents is 1. The van der Waals surface area contributed by atoms with Gasteiger partial charge in [-0.15, -0.1) is 0 Å². The molecule has 2 N–H and O–H groups in total. The van der Waals surface area contributed by atoms with Gasteiger partial charge in [0.05, 0.1) is 0 Å². The van der Waals surface area contributed by atoms with Crippen LogP contribution in [0, 0.1) is 25.5 Å². The second-order valence-electron chi connectivity index (χ2n) is 4.46. The van der Waals surface area contributed by atoms with Gasteiger partial charge in [-0.05, 0) is 37.6 Å². The molecular weight excluding hydrogens is 248 g/mol. The van der Waals surface area contributed by atoms with E-state index in [4.69, 9.17) is 0 Å². The van der Waals surface area contributed by atoms with Gasteiger partial charge >= 0.3 is 0 Å². The van der Waals surface area contributed by atoms with E-state index in [9.17, 15) is 13.9 Å². The third-order valence-corrected chi connectivity index (χ3v) is 3.15. The van der Waals surface area contributed by atoms with E-state index in [1.165, 1.54) is 18.2 Å². The van der Waals surface area contributed by atoms with Gasteiger partial charge in [0.2, 0.25) is 0 Å². The first kappa shape index (κ1) is 13.3. The Balaban J connectivity index is 2.22. The minimum atomic E-state index is -0.582. The molecule has 2 aromatic carbocycles. The predicted octanol–water partition coefficient (Wildman–Crippen LogP) is 3.90. The lowest BCUT2D eigenvalue weighted by atomic mass is 10.1. The molecule has 0 heterocycles. The van der Waals surface area contributed by atoms with E-state index in [2.05, 4.69) is 5.32 Å². The molecule has 2 aromatic rings. The minimum absolute atomic E-state index is 0.0121. The number of aromatic hydroxyl groups is 1. The standard InChI is InChI=1S/C15H15F2NO/c1-9-6-7-14(10(2)15(9)19)18-8-11-12(16)4-3-5-13(11)17/h3-7,18-19H,8H2,1-2H3. The number of hydrogen-bond acceptors (Lipinski definition) is 2. The summed E-state index contributed by atoms with van der Waals surface area (Å²) in [5, 5.41) is 12.7. The lowest BCUT2D eigenvalue weighted by Gasteiger charge is -2.13. The fraction of sp³-hybridized carbons (Fsp3) is 0.200. The fourth-order valence-corrected chi connectivity index (χ4v) is 1.91. The van der Waals surface area contributed by atoms with Gasteiger partial charge in [-0.25, -0.2) is 8.78 Å². The van der Waals surface area contributed by atoms with Crippen LogP contribution in [0.15, 0.2) is 30.3 Å². The van der Waals surface area contributed by atoms with Crippen LogP contribution in [0.1, 0.15) is 16.7 Å². The molecule has 19 heavy (non-hydrogen) atoms. The monoisotopic (exact) mass is 263 g/mol. The van der Waals surface area contributed by atoms with Crippen LogP contribution in [0.2, 0.25) is 0 Å². The molecule has 0 aliphatic carbocycles. The minimum Gasteiger partial charge on any atom is -0.507 e. The van der Waals surface area contributed by atoms with E-state index in [-0.39, 0.29) is 17.9 Å². The number of rotatable bonds is 3. The van der Waals surface area contributed by atoms with Gasteiger partial charge in [0, 0.05) is 23.4 Å². The number of phenols is 1. The van der Waals surface area contributed by atoms with Crippen molar-refractivity contribution in [3.05, 3.63) is 58.7 Å². The molecule has 0 aliphatic rings. The molecule has 2 rings (SSSR count). The van der Waals surface area contributed by atoms with Crippen molar-refractivity contribution in [3.8, 4) is 5.75 Å². The highest BCUT2D eigenvalue weighted by molar-refractivity contribution is 5.59. The maximum atomic E-state index is 13.5. The van der Waals surface area contributed by atoms with Gasteiger partial charge in [0.1, 0.15) is 17.4 Å². The van der Waals surface area contributed by atoms with Crippen LogP contribution in [-0.4, -0.2) is 5.11 Å². The summed E-state index contributed by atoms with van der Waals surface area (Å²) in [5.41, 5.74) is 2.07. The molecule has 0 unspecified atom stereocenters. The van der Waals surface area contributed by atoms with Crippen molar-refractivity contribution >= 4 is 5.69 Å². The average Bonchev–Trinajstić information content (AvgIpc) is 2.38. The molecule has 0 atom stereocenters. The molecule has 0 amide bonds. The van der Waals surface area contributed by atoms with Crippen LogP contribution in [0.3, 0.4) is 0 Å². The topological polar surface area (TPSA) is 32.3 Å². The van der Waals surface area contributed by atoms with Gasteiger partial charge in [0.25, 0.3) is 0 Å². The van der Waals surface area contributed by atoms with Crippen molar-refractivity contribution in [2.24, 2.45) is 0 Å². The molecule has 0 saturated carbocycles. The van der Waals surface area contributed by atoms with E-state index in [0.717, 1.165) is 5.56 Å². The summed E-state index contributed by atoms with van der Waals surface area (Å²) in [5.74, 6) is -0.970. The van der Waals surface area contributed by atoms with Gasteiger partial charge in [-0.3, -0.25) is 0 Å². The average molecular weight is 263 g/mol. The van der Waals surface area contributed by atoms with Crippen molar-refractivity contribution in [3.63, 3.8) is 0 Å². The zero-order valence-electron chi connectivity index (χ0n) is 10.8. The Kier molecular flexibility index (Phi) is 3.69. The van der Waals surface area contributed by atoms with E-state index in [1.54, 1.807) is 26.0 Å². The largest absolute Gasteiger partial charge is 0.507 e. The maximum Gasteiger partial charge on any atom is 0.131 e. The normalized spacial score (nSPS) is 10.5. The first-order valence-electron chi connectivity index (χ1n) is 5.96. The van der Waals surface area contributed by atoms with E-state index < -0.39 is 11.6 Å². The molecule has 0 fully saturated rings. The van der Waals surface area contributed by atoms with Crippen molar-refractivity contribution in [1.82, 2.24) is 0 Å². The van der Waals surface area contributed by atoms with Crippen LogP contribution < -0.4 is 5.32 Å². The van der Waals surface area contributed by atoms with Crippen LogP contribution in [-0.2, 0) is 6.54 Å². The van der Waals surface area contributed by atoms with Crippen LogP contribution in [0.5, 0.6) is 5.75 Å². The molecule has 0 radical (unpaired) electrons. The first-order chi connectivity index (χ1) is 9.00. The van der Waals surface area contributed by atoms with Crippen LogP contribution in [0.25, 0.3) is 0 Å². The SMILES string of the molecule is Cc1ccc(NCc2c(F)cccc2F)c(C)c1O. The predicted molar refractivity (Wildman–Crippen MR) is 71.3 cm³/mol. The molecule has 0 bridgehead atoms. The lowest BCUT2D eigenvalue weighted by Crippen LogP contribution is -2.05. The number of anilines is 1. The molecule has 0 aliphatic heterocycles. The molecule has 4 heteroatoms. The molecule has 0 saturated heterocycles. The fourth-order valence-electron chi connectivity index (χ4n) is 1.91. The summed E-state index contributed by atoms with van der Waals surface area (Å²) in [6.45, 7) is 3.58. The summed E-state index contributed by atoms with van der Waals surface area (Å²) in [6, 6.07) is 7.31.